The minimum absolute atomic E-state index is 0.237. The number of nitriles is 1. The van der Waals surface area contributed by atoms with Crippen LogP contribution >= 0.6 is 0 Å². The van der Waals surface area contributed by atoms with E-state index in [0.717, 1.165) is 16.8 Å². The predicted molar refractivity (Wildman–Crippen MR) is 57.2 cm³/mol. The lowest BCUT2D eigenvalue weighted by atomic mass is 10.1. The third-order valence-electron chi connectivity index (χ3n) is 2.73. The molecule has 1 N–H and O–H groups in total. The quantitative estimate of drug-likeness (QED) is 0.770. The summed E-state index contributed by atoms with van der Waals surface area (Å²) in [6.07, 6.45) is 2.40. The summed E-state index contributed by atoms with van der Waals surface area (Å²) in [5, 5.41) is 12.4. The molecule has 1 aromatic rings. The SMILES string of the molecule is Cc1ccc(NC2(C)CC2)c(C#N)c1. The minimum Gasteiger partial charge on any atom is -0.379 e. The normalized spacial score (nSPS) is 17.2. The molecule has 1 aliphatic rings. The Hall–Kier alpha value is -1.49. The molecule has 0 aromatic heterocycles. The fraction of sp³-hybridized carbons (Fsp3) is 0.417. The molecule has 0 radical (unpaired) electrons. The molecule has 1 aliphatic carbocycles. The largest absolute Gasteiger partial charge is 0.379 e. The zero-order valence-electron chi connectivity index (χ0n) is 8.59. The van der Waals surface area contributed by atoms with Crippen LogP contribution in [0.3, 0.4) is 0 Å². The zero-order chi connectivity index (χ0) is 10.2. The van der Waals surface area contributed by atoms with Gasteiger partial charge in [0.1, 0.15) is 6.07 Å². The highest BCUT2D eigenvalue weighted by atomic mass is 15.0. The van der Waals surface area contributed by atoms with E-state index in [0.29, 0.717) is 0 Å². The lowest BCUT2D eigenvalue weighted by Crippen LogP contribution is -2.16. The van der Waals surface area contributed by atoms with Crippen LogP contribution in [-0.4, -0.2) is 5.54 Å². The molecule has 14 heavy (non-hydrogen) atoms. The average molecular weight is 186 g/mol. The summed E-state index contributed by atoms with van der Waals surface area (Å²) in [6.45, 7) is 4.19. The van der Waals surface area contributed by atoms with Gasteiger partial charge in [-0.3, -0.25) is 0 Å². The summed E-state index contributed by atoms with van der Waals surface area (Å²) in [5.74, 6) is 0. The summed E-state index contributed by atoms with van der Waals surface area (Å²) < 4.78 is 0. The van der Waals surface area contributed by atoms with Crippen LogP contribution in [0.1, 0.15) is 30.9 Å². The molecule has 1 saturated carbocycles. The number of hydrogen-bond donors (Lipinski definition) is 1. The summed E-state index contributed by atoms with van der Waals surface area (Å²) in [4.78, 5) is 0. The lowest BCUT2D eigenvalue weighted by Gasteiger charge is -2.14. The first kappa shape index (κ1) is 9.08. The van der Waals surface area contributed by atoms with Gasteiger partial charge in [-0.1, -0.05) is 6.07 Å². The third kappa shape index (κ3) is 1.72. The van der Waals surface area contributed by atoms with Crippen LogP contribution in [0.15, 0.2) is 18.2 Å². The van der Waals surface area contributed by atoms with E-state index >= 15 is 0 Å². The molecular weight excluding hydrogens is 172 g/mol. The molecule has 2 nitrogen and oxygen atoms in total. The van der Waals surface area contributed by atoms with Gasteiger partial charge in [0.15, 0.2) is 0 Å². The van der Waals surface area contributed by atoms with Gasteiger partial charge in [-0.05, 0) is 44.4 Å². The number of nitrogens with one attached hydrogen (secondary N) is 1. The van der Waals surface area contributed by atoms with E-state index in [2.05, 4.69) is 18.3 Å². The molecule has 2 rings (SSSR count). The topological polar surface area (TPSA) is 35.8 Å². The maximum Gasteiger partial charge on any atom is 0.101 e. The monoisotopic (exact) mass is 186 g/mol. The van der Waals surface area contributed by atoms with Crippen LogP contribution in [0.25, 0.3) is 0 Å². The molecule has 0 atom stereocenters. The Kier molecular flexibility index (Phi) is 1.96. The highest BCUT2D eigenvalue weighted by molar-refractivity contribution is 5.60. The van der Waals surface area contributed by atoms with Crippen molar-refractivity contribution in [3.8, 4) is 6.07 Å². The van der Waals surface area contributed by atoms with Gasteiger partial charge in [-0.2, -0.15) is 5.26 Å². The van der Waals surface area contributed by atoms with Crippen molar-refractivity contribution in [1.82, 2.24) is 0 Å². The number of aryl methyl sites for hydroxylation is 1. The van der Waals surface area contributed by atoms with Crippen LogP contribution in [0.4, 0.5) is 5.69 Å². The Bertz CT molecular complexity index is 397. The van der Waals surface area contributed by atoms with Crippen LogP contribution in [-0.2, 0) is 0 Å². The number of benzene rings is 1. The zero-order valence-corrected chi connectivity index (χ0v) is 8.59. The first-order chi connectivity index (χ1) is 6.63. The van der Waals surface area contributed by atoms with Gasteiger partial charge in [0.2, 0.25) is 0 Å². The smallest absolute Gasteiger partial charge is 0.101 e. The third-order valence-corrected chi connectivity index (χ3v) is 2.73. The molecule has 0 bridgehead atoms. The molecule has 0 amide bonds. The second-order valence-electron chi connectivity index (χ2n) is 4.35. The van der Waals surface area contributed by atoms with Crippen molar-refractivity contribution in [1.29, 1.82) is 5.26 Å². The molecular formula is C12H14N2. The van der Waals surface area contributed by atoms with Crippen molar-refractivity contribution in [2.45, 2.75) is 32.2 Å². The molecule has 0 unspecified atom stereocenters. The van der Waals surface area contributed by atoms with E-state index in [-0.39, 0.29) is 5.54 Å². The molecule has 0 spiro atoms. The van der Waals surface area contributed by atoms with Crippen molar-refractivity contribution in [2.24, 2.45) is 0 Å². The standard InChI is InChI=1S/C12H14N2/c1-9-3-4-11(10(7-9)8-13)14-12(2)5-6-12/h3-4,7,14H,5-6H2,1-2H3. The Morgan fingerprint density at radius 1 is 1.43 bits per heavy atom. The fourth-order valence-electron chi connectivity index (χ4n) is 1.50. The number of rotatable bonds is 2. The van der Waals surface area contributed by atoms with E-state index < -0.39 is 0 Å². The predicted octanol–water partition coefficient (Wildman–Crippen LogP) is 2.83. The Balaban J connectivity index is 2.29. The summed E-state index contributed by atoms with van der Waals surface area (Å²) in [6, 6.07) is 8.18. The lowest BCUT2D eigenvalue weighted by molar-refractivity contribution is 0.828. The Morgan fingerprint density at radius 2 is 2.14 bits per heavy atom. The number of nitrogens with zero attached hydrogens (tertiary/aromatic N) is 1. The van der Waals surface area contributed by atoms with Crippen LogP contribution in [0.5, 0.6) is 0 Å². The van der Waals surface area contributed by atoms with Crippen LogP contribution in [0, 0.1) is 18.3 Å². The number of anilines is 1. The Labute approximate surface area is 84.6 Å². The minimum atomic E-state index is 0.237. The van der Waals surface area contributed by atoms with Gasteiger partial charge in [0.25, 0.3) is 0 Å². The van der Waals surface area contributed by atoms with Crippen molar-refractivity contribution in [2.75, 3.05) is 5.32 Å². The van der Waals surface area contributed by atoms with E-state index in [1.165, 1.54) is 12.8 Å². The fourth-order valence-corrected chi connectivity index (χ4v) is 1.50. The maximum absolute atomic E-state index is 8.97. The van der Waals surface area contributed by atoms with Crippen molar-refractivity contribution in [3.63, 3.8) is 0 Å². The van der Waals surface area contributed by atoms with E-state index in [4.69, 9.17) is 5.26 Å². The molecule has 0 heterocycles. The second-order valence-corrected chi connectivity index (χ2v) is 4.35. The van der Waals surface area contributed by atoms with Gasteiger partial charge in [0, 0.05) is 5.54 Å². The summed E-state index contributed by atoms with van der Waals surface area (Å²) in [5.41, 5.74) is 3.09. The first-order valence-corrected chi connectivity index (χ1v) is 4.92. The maximum atomic E-state index is 8.97. The van der Waals surface area contributed by atoms with E-state index in [1.54, 1.807) is 0 Å². The molecule has 0 aliphatic heterocycles. The molecule has 1 aromatic carbocycles. The Morgan fingerprint density at radius 3 is 2.71 bits per heavy atom. The molecule has 1 fully saturated rings. The van der Waals surface area contributed by atoms with Crippen LogP contribution in [0.2, 0.25) is 0 Å². The van der Waals surface area contributed by atoms with Gasteiger partial charge < -0.3 is 5.32 Å². The molecule has 2 heteroatoms. The van der Waals surface area contributed by atoms with E-state index in [1.807, 2.05) is 25.1 Å². The first-order valence-electron chi connectivity index (χ1n) is 4.92. The molecule has 72 valence electrons. The van der Waals surface area contributed by atoms with Crippen LogP contribution < -0.4 is 5.32 Å². The summed E-state index contributed by atoms with van der Waals surface area (Å²) in [7, 11) is 0. The van der Waals surface area contributed by atoms with Crippen molar-refractivity contribution in [3.05, 3.63) is 29.3 Å². The van der Waals surface area contributed by atoms with Gasteiger partial charge >= 0.3 is 0 Å². The van der Waals surface area contributed by atoms with Crippen molar-refractivity contribution >= 4 is 5.69 Å². The van der Waals surface area contributed by atoms with Gasteiger partial charge in [-0.25, -0.2) is 0 Å². The summed E-state index contributed by atoms with van der Waals surface area (Å²) >= 11 is 0. The average Bonchev–Trinajstić information content (AvgIpc) is 2.87. The van der Waals surface area contributed by atoms with Crippen molar-refractivity contribution < 1.29 is 0 Å². The second kappa shape index (κ2) is 3.02. The van der Waals surface area contributed by atoms with Gasteiger partial charge in [0.05, 0.1) is 11.3 Å². The highest BCUT2D eigenvalue weighted by Crippen LogP contribution is 2.38. The molecule has 0 saturated heterocycles. The van der Waals surface area contributed by atoms with Gasteiger partial charge in [-0.15, -0.1) is 0 Å². The van der Waals surface area contributed by atoms with E-state index in [9.17, 15) is 0 Å². The number of hydrogen-bond acceptors (Lipinski definition) is 2. The highest BCUT2D eigenvalue weighted by Gasteiger charge is 2.37.